The number of aliphatic carboxylic acids is 1. The van der Waals surface area contributed by atoms with Gasteiger partial charge in [0.15, 0.2) is 0 Å². The largest absolute Gasteiger partial charge is 0.480 e. The Hall–Kier alpha value is -1.79. The zero-order valence-electron chi connectivity index (χ0n) is 12.7. The van der Waals surface area contributed by atoms with Crippen LogP contribution in [-0.4, -0.2) is 48.8 Å². The molecule has 2 N–H and O–H groups in total. The summed E-state index contributed by atoms with van der Waals surface area (Å²) in [5.74, 6) is -1.04. The lowest BCUT2D eigenvalue weighted by atomic mass is 10.1. The van der Waals surface area contributed by atoms with Gasteiger partial charge >= 0.3 is 12.0 Å². The normalized spacial score (nSPS) is 11.8. The summed E-state index contributed by atoms with van der Waals surface area (Å²) in [6, 6.07) is 6.73. The van der Waals surface area contributed by atoms with Crippen LogP contribution in [0.1, 0.15) is 25.0 Å². The highest BCUT2D eigenvalue weighted by Gasteiger charge is 2.18. The van der Waals surface area contributed by atoms with Gasteiger partial charge in [0.1, 0.15) is 6.54 Å². The fraction of sp³-hybridized carbons (Fsp3) is 0.467. The number of halogens is 1. The Bertz CT molecular complexity index is 493. The fourth-order valence-electron chi connectivity index (χ4n) is 1.99. The molecule has 1 unspecified atom stereocenters. The Morgan fingerprint density at radius 1 is 1.36 bits per heavy atom. The molecule has 2 amide bonds. The Morgan fingerprint density at radius 3 is 2.50 bits per heavy atom. The summed E-state index contributed by atoms with van der Waals surface area (Å²) < 4.78 is 5.35. The zero-order chi connectivity index (χ0) is 16.5. The number of hydrogen-bond acceptors (Lipinski definition) is 3. The Kier molecular flexibility index (Phi) is 7.70. The third-order valence-electron chi connectivity index (χ3n) is 3.07. The van der Waals surface area contributed by atoms with E-state index in [1.807, 2.05) is 19.1 Å². The number of nitrogens with zero attached hydrogens (tertiary/aromatic N) is 1. The summed E-state index contributed by atoms with van der Waals surface area (Å²) in [5.41, 5.74) is 0.882. The highest BCUT2D eigenvalue weighted by molar-refractivity contribution is 6.30. The van der Waals surface area contributed by atoms with Crippen LogP contribution in [0, 0.1) is 0 Å². The summed E-state index contributed by atoms with van der Waals surface area (Å²) >= 11 is 5.84. The van der Waals surface area contributed by atoms with E-state index >= 15 is 0 Å². The molecule has 1 rings (SSSR count). The van der Waals surface area contributed by atoms with Gasteiger partial charge in [0, 0.05) is 25.2 Å². The van der Waals surface area contributed by atoms with Crippen LogP contribution in [0.4, 0.5) is 4.79 Å². The quantitative estimate of drug-likeness (QED) is 0.768. The van der Waals surface area contributed by atoms with Gasteiger partial charge in [-0.25, -0.2) is 4.79 Å². The number of amides is 2. The van der Waals surface area contributed by atoms with Crippen LogP contribution in [0.25, 0.3) is 0 Å². The van der Waals surface area contributed by atoms with E-state index in [2.05, 4.69) is 5.32 Å². The van der Waals surface area contributed by atoms with Gasteiger partial charge in [0.2, 0.25) is 0 Å². The van der Waals surface area contributed by atoms with Gasteiger partial charge in [-0.3, -0.25) is 4.79 Å². The molecule has 6 nitrogen and oxygen atoms in total. The van der Waals surface area contributed by atoms with Gasteiger partial charge < -0.3 is 20.1 Å². The minimum absolute atomic E-state index is 0.247. The molecule has 0 aromatic heterocycles. The van der Waals surface area contributed by atoms with E-state index in [0.29, 0.717) is 18.0 Å². The number of nitrogens with one attached hydrogen (secondary N) is 1. The van der Waals surface area contributed by atoms with Crippen molar-refractivity contribution in [2.45, 2.75) is 19.4 Å². The van der Waals surface area contributed by atoms with Crippen LogP contribution >= 0.6 is 11.6 Å². The van der Waals surface area contributed by atoms with E-state index < -0.39 is 12.0 Å². The molecule has 1 aromatic carbocycles. The first-order valence-electron chi connectivity index (χ1n) is 7.00. The fourth-order valence-corrected chi connectivity index (χ4v) is 2.12. The third kappa shape index (κ3) is 5.91. The van der Waals surface area contributed by atoms with E-state index in [4.69, 9.17) is 21.4 Å². The van der Waals surface area contributed by atoms with Crippen LogP contribution in [0.15, 0.2) is 24.3 Å². The zero-order valence-corrected chi connectivity index (χ0v) is 13.5. The summed E-state index contributed by atoms with van der Waals surface area (Å²) in [6.07, 6.45) is 0.362. The number of carbonyl (C=O) groups excluding carboxylic acids is 1. The number of benzene rings is 1. The monoisotopic (exact) mass is 328 g/mol. The van der Waals surface area contributed by atoms with E-state index in [-0.39, 0.29) is 19.2 Å². The van der Waals surface area contributed by atoms with Crippen LogP contribution < -0.4 is 5.32 Å². The molecule has 0 aliphatic carbocycles. The third-order valence-corrected chi connectivity index (χ3v) is 3.32. The number of methoxy groups -OCH3 is 1. The SMILES string of the molecule is CCCN(CC(=O)O)C(=O)NCC(OC)c1ccc(Cl)cc1. The van der Waals surface area contributed by atoms with E-state index in [1.165, 1.54) is 4.90 Å². The number of urea groups is 1. The highest BCUT2D eigenvalue weighted by atomic mass is 35.5. The molecule has 0 aliphatic heterocycles. The summed E-state index contributed by atoms with van der Waals surface area (Å²) in [7, 11) is 1.55. The Balaban J connectivity index is 2.62. The van der Waals surface area contributed by atoms with Crippen molar-refractivity contribution in [2.75, 3.05) is 26.7 Å². The lowest BCUT2D eigenvalue weighted by molar-refractivity contribution is -0.137. The van der Waals surface area contributed by atoms with Crippen molar-refractivity contribution in [1.82, 2.24) is 10.2 Å². The first-order chi connectivity index (χ1) is 10.5. The van der Waals surface area contributed by atoms with Gasteiger partial charge in [0.05, 0.1) is 6.10 Å². The molecule has 0 fully saturated rings. The van der Waals surface area contributed by atoms with Crippen LogP contribution in [0.2, 0.25) is 5.02 Å². The van der Waals surface area contributed by atoms with Crippen molar-refractivity contribution in [3.63, 3.8) is 0 Å². The average Bonchev–Trinajstić information content (AvgIpc) is 2.48. The molecule has 0 aliphatic rings. The minimum atomic E-state index is -1.04. The van der Waals surface area contributed by atoms with Crippen LogP contribution in [-0.2, 0) is 9.53 Å². The molecule has 7 heteroatoms. The maximum Gasteiger partial charge on any atom is 0.323 e. The first kappa shape index (κ1) is 18.3. The predicted octanol–water partition coefficient (Wildman–Crippen LogP) is 2.53. The molecule has 0 saturated carbocycles. The molecule has 0 bridgehead atoms. The topological polar surface area (TPSA) is 78.9 Å². The first-order valence-corrected chi connectivity index (χ1v) is 7.38. The molecule has 1 aromatic rings. The standard InChI is InChI=1S/C15H21ClN2O4/c1-3-8-18(10-14(19)20)15(21)17-9-13(22-2)11-4-6-12(16)7-5-11/h4-7,13H,3,8-10H2,1-2H3,(H,17,21)(H,19,20). The number of hydrogen-bond donors (Lipinski definition) is 2. The number of carboxylic acid groups (broad SMARTS) is 1. The predicted molar refractivity (Wildman–Crippen MR) is 84.1 cm³/mol. The number of carbonyl (C=O) groups is 2. The van der Waals surface area contributed by atoms with E-state index in [9.17, 15) is 9.59 Å². The molecule has 0 saturated heterocycles. The van der Waals surface area contributed by atoms with Gasteiger partial charge in [0.25, 0.3) is 0 Å². The minimum Gasteiger partial charge on any atom is -0.480 e. The summed E-state index contributed by atoms with van der Waals surface area (Å²) in [6.45, 7) is 2.19. The molecule has 0 radical (unpaired) electrons. The Morgan fingerprint density at radius 2 is 2.00 bits per heavy atom. The van der Waals surface area contributed by atoms with Crippen molar-refractivity contribution >= 4 is 23.6 Å². The molecule has 0 spiro atoms. The van der Waals surface area contributed by atoms with Crippen molar-refractivity contribution in [2.24, 2.45) is 0 Å². The van der Waals surface area contributed by atoms with Crippen molar-refractivity contribution < 1.29 is 19.4 Å². The maximum atomic E-state index is 12.0. The van der Waals surface area contributed by atoms with E-state index in [1.54, 1.807) is 19.2 Å². The number of ether oxygens (including phenoxy) is 1. The van der Waals surface area contributed by atoms with Gasteiger partial charge in [-0.15, -0.1) is 0 Å². The molecule has 1 atom stereocenters. The van der Waals surface area contributed by atoms with Crippen LogP contribution in [0.5, 0.6) is 0 Å². The Labute approximate surface area is 135 Å². The van der Waals surface area contributed by atoms with Crippen molar-refractivity contribution in [3.05, 3.63) is 34.9 Å². The van der Waals surface area contributed by atoms with Gasteiger partial charge in [-0.05, 0) is 24.1 Å². The van der Waals surface area contributed by atoms with Crippen molar-refractivity contribution in [3.8, 4) is 0 Å². The molecule has 122 valence electrons. The van der Waals surface area contributed by atoms with Gasteiger partial charge in [-0.1, -0.05) is 30.7 Å². The molecular formula is C15H21ClN2O4. The van der Waals surface area contributed by atoms with E-state index in [0.717, 1.165) is 5.56 Å². The smallest absolute Gasteiger partial charge is 0.323 e. The lowest BCUT2D eigenvalue weighted by Gasteiger charge is -2.23. The second-order valence-electron chi connectivity index (χ2n) is 4.78. The maximum absolute atomic E-state index is 12.0. The van der Waals surface area contributed by atoms with Crippen molar-refractivity contribution in [1.29, 1.82) is 0 Å². The molecule has 22 heavy (non-hydrogen) atoms. The number of rotatable bonds is 8. The average molecular weight is 329 g/mol. The molecule has 0 heterocycles. The van der Waals surface area contributed by atoms with Crippen LogP contribution in [0.3, 0.4) is 0 Å². The second-order valence-corrected chi connectivity index (χ2v) is 5.21. The number of carboxylic acids is 1. The second kappa shape index (κ2) is 9.27. The lowest BCUT2D eigenvalue weighted by Crippen LogP contribution is -2.44. The molecular weight excluding hydrogens is 308 g/mol. The summed E-state index contributed by atoms with van der Waals surface area (Å²) in [4.78, 5) is 24.1. The highest BCUT2D eigenvalue weighted by Crippen LogP contribution is 2.18. The van der Waals surface area contributed by atoms with Gasteiger partial charge in [-0.2, -0.15) is 0 Å². The summed E-state index contributed by atoms with van der Waals surface area (Å²) in [5, 5.41) is 12.2.